The average molecular weight is 438 g/mol. The molecule has 1 aliphatic rings. The van der Waals surface area contributed by atoms with E-state index in [1.165, 1.54) is 0 Å². The molecule has 0 bridgehead atoms. The van der Waals surface area contributed by atoms with Gasteiger partial charge >= 0.3 is 0 Å². The lowest BCUT2D eigenvalue weighted by atomic mass is 10.0. The molecule has 1 heterocycles. The highest BCUT2D eigenvalue weighted by Crippen LogP contribution is 2.39. The minimum absolute atomic E-state index is 0.00532. The van der Waals surface area contributed by atoms with Gasteiger partial charge in [0.25, 0.3) is 0 Å². The molecule has 162 valence electrons. The van der Waals surface area contributed by atoms with Crippen molar-refractivity contribution in [3.05, 3.63) is 95.1 Å². The van der Waals surface area contributed by atoms with E-state index < -0.39 is 6.29 Å². The van der Waals surface area contributed by atoms with E-state index in [0.29, 0.717) is 6.54 Å². The fourth-order valence-electron chi connectivity index (χ4n) is 3.57. The molecule has 4 N–H and O–H groups in total. The van der Waals surface area contributed by atoms with Gasteiger partial charge in [-0.25, -0.2) is 0 Å². The first-order valence-electron chi connectivity index (χ1n) is 10.4. The summed E-state index contributed by atoms with van der Waals surface area (Å²) in [6, 6.07) is 23.1. The Balaban J connectivity index is 1.52. The number of ether oxygens (including phenoxy) is 2. The lowest BCUT2D eigenvalue weighted by molar-refractivity contribution is -0.245. The third kappa shape index (κ3) is 5.67. The Bertz CT molecular complexity index is 905. The van der Waals surface area contributed by atoms with E-state index in [1.54, 1.807) is 23.9 Å². The number of hydrogen-bond acceptors (Lipinski definition) is 6. The molecular formula is C25H27NO4S. The van der Waals surface area contributed by atoms with Crippen molar-refractivity contribution in [2.24, 2.45) is 5.73 Å². The van der Waals surface area contributed by atoms with Crippen LogP contribution in [-0.4, -0.2) is 22.1 Å². The van der Waals surface area contributed by atoms with E-state index in [4.69, 9.17) is 15.2 Å². The van der Waals surface area contributed by atoms with E-state index in [2.05, 4.69) is 0 Å². The zero-order valence-electron chi connectivity index (χ0n) is 17.2. The fraction of sp³-hybridized carbons (Fsp3) is 0.280. The number of rotatable bonds is 7. The summed E-state index contributed by atoms with van der Waals surface area (Å²) in [5, 5.41) is 18.8. The van der Waals surface area contributed by atoms with Crippen LogP contribution in [0.1, 0.15) is 41.1 Å². The lowest BCUT2D eigenvalue weighted by Gasteiger charge is -2.36. The van der Waals surface area contributed by atoms with Crippen molar-refractivity contribution in [2.45, 2.75) is 43.0 Å². The fourth-order valence-corrected chi connectivity index (χ4v) is 4.49. The Morgan fingerprint density at radius 2 is 1.48 bits per heavy atom. The molecule has 0 aliphatic carbocycles. The number of benzene rings is 3. The zero-order valence-corrected chi connectivity index (χ0v) is 18.0. The Labute approximate surface area is 186 Å². The van der Waals surface area contributed by atoms with Gasteiger partial charge in [0.1, 0.15) is 5.75 Å². The molecule has 1 saturated heterocycles. The predicted octanol–water partition coefficient (Wildman–Crippen LogP) is 4.68. The van der Waals surface area contributed by atoms with Gasteiger partial charge in [-0.05, 0) is 41.0 Å². The summed E-state index contributed by atoms with van der Waals surface area (Å²) < 4.78 is 12.7. The minimum atomic E-state index is -0.464. The number of aliphatic hydroxyl groups is 1. The molecule has 6 heteroatoms. The Kier molecular flexibility index (Phi) is 7.27. The van der Waals surface area contributed by atoms with Gasteiger partial charge in [0.2, 0.25) is 0 Å². The van der Waals surface area contributed by atoms with Crippen LogP contribution >= 0.6 is 11.8 Å². The van der Waals surface area contributed by atoms with Crippen LogP contribution in [0.4, 0.5) is 0 Å². The maximum absolute atomic E-state index is 9.50. The van der Waals surface area contributed by atoms with Crippen molar-refractivity contribution in [2.75, 3.05) is 5.75 Å². The third-order valence-electron chi connectivity index (χ3n) is 5.38. The van der Waals surface area contributed by atoms with Crippen molar-refractivity contribution in [3.8, 4) is 5.75 Å². The van der Waals surface area contributed by atoms with Crippen LogP contribution in [0.5, 0.6) is 5.75 Å². The Morgan fingerprint density at radius 3 is 2.13 bits per heavy atom. The van der Waals surface area contributed by atoms with Crippen LogP contribution < -0.4 is 5.73 Å². The first-order valence-corrected chi connectivity index (χ1v) is 11.3. The lowest BCUT2D eigenvalue weighted by Crippen LogP contribution is -2.31. The molecule has 5 nitrogen and oxygen atoms in total. The standard InChI is InChI=1S/C25H27NO4S/c26-14-17-1-7-20(8-2-17)25-29-22(16-31-23-11-9-21(28)10-12-23)13-24(30-25)19-5-3-18(15-27)4-6-19/h1-12,22,24-25,27-28H,13-16,26H2. The molecule has 0 saturated carbocycles. The summed E-state index contributed by atoms with van der Waals surface area (Å²) in [7, 11) is 0. The molecule has 0 spiro atoms. The molecule has 0 amide bonds. The third-order valence-corrected chi connectivity index (χ3v) is 6.52. The van der Waals surface area contributed by atoms with Crippen LogP contribution in [0, 0.1) is 0 Å². The topological polar surface area (TPSA) is 84.9 Å². The SMILES string of the molecule is NCc1ccc(C2OC(CSc3ccc(O)cc3)CC(c3ccc(CO)cc3)O2)cc1. The number of aromatic hydroxyl groups is 1. The van der Waals surface area contributed by atoms with Gasteiger partial charge in [0.05, 0.1) is 18.8 Å². The molecule has 4 rings (SSSR count). The van der Waals surface area contributed by atoms with Gasteiger partial charge in [0.15, 0.2) is 6.29 Å². The van der Waals surface area contributed by atoms with Gasteiger partial charge < -0.3 is 25.4 Å². The molecule has 0 radical (unpaired) electrons. The molecule has 0 aromatic heterocycles. The highest BCUT2D eigenvalue weighted by Gasteiger charge is 2.32. The maximum atomic E-state index is 9.50. The van der Waals surface area contributed by atoms with Gasteiger partial charge in [-0.1, -0.05) is 48.5 Å². The monoisotopic (exact) mass is 437 g/mol. The summed E-state index contributed by atoms with van der Waals surface area (Å²) in [6.07, 6.45) is 0.162. The highest BCUT2D eigenvalue weighted by molar-refractivity contribution is 7.99. The van der Waals surface area contributed by atoms with Crippen molar-refractivity contribution in [1.29, 1.82) is 0 Å². The quantitative estimate of drug-likeness (QED) is 0.466. The molecule has 3 unspecified atom stereocenters. The number of phenols is 1. The number of thioether (sulfide) groups is 1. The minimum Gasteiger partial charge on any atom is -0.508 e. The van der Waals surface area contributed by atoms with Crippen LogP contribution in [0.15, 0.2) is 77.7 Å². The van der Waals surface area contributed by atoms with Crippen molar-refractivity contribution < 1.29 is 19.7 Å². The number of hydrogen-bond donors (Lipinski definition) is 3. The molecule has 3 atom stereocenters. The number of phenolic OH excluding ortho intramolecular Hbond substituents is 1. The van der Waals surface area contributed by atoms with Crippen LogP contribution in [-0.2, 0) is 22.6 Å². The smallest absolute Gasteiger partial charge is 0.184 e. The predicted molar refractivity (Wildman–Crippen MR) is 122 cm³/mol. The molecule has 31 heavy (non-hydrogen) atoms. The summed E-state index contributed by atoms with van der Waals surface area (Å²) in [4.78, 5) is 1.08. The van der Waals surface area contributed by atoms with E-state index in [0.717, 1.165) is 39.3 Å². The highest BCUT2D eigenvalue weighted by atomic mass is 32.2. The second-order valence-electron chi connectivity index (χ2n) is 7.60. The Morgan fingerprint density at radius 1 is 0.839 bits per heavy atom. The van der Waals surface area contributed by atoms with Crippen LogP contribution in [0.2, 0.25) is 0 Å². The molecule has 1 fully saturated rings. The van der Waals surface area contributed by atoms with E-state index in [9.17, 15) is 10.2 Å². The average Bonchev–Trinajstić information content (AvgIpc) is 2.83. The molecule has 1 aliphatic heterocycles. The van der Waals surface area contributed by atoms with Crippen LogP contribution in [0.3, 0.4) is 0 Å². The number of nitrogens with two attached hydrogens (primary N) is 1. The largest absolute Gasteiger partial charge is 0.508 e. The Hall–Kier alpha value is -2.35. The van der Waals surface area contributed by atoms with Crippen LogP contribution in [0.25, 0.3) is 0 Å². The van der Waals surface area contributed by atoms with Gasteiger partial charge in [-0.3, -0.25) is 0 Å². The van der Waals surface area contributed by atoms with Crippen molar-refractivity contribution in [1.82, 2.24) is 0 Å². The number of aliphatic hydroxyl groups excluding tert-OH is 1. The summed E-state index contributed by atoms with van der Waals surface area (Å²) in [6.45, 7) is 0.523. The van der Waals surface area contributed by atoms with Gasteiger partial charge in [-0.2, -0.15) is 0 Å². The van der Waals surface area contributed by atoms with Crippen molar-refractivity contribution in [3.63, 3.8) is 0 Å². The first kappa shape index (κ1) is 21.9. The molecule has 3 aromatic carbocycles. The van der Waals surface area contributed by atoms with E-state index >= 15 is 0 Å². The first-order chi connectivity index (χ1) is 15.1. The summed E-state index contributed by atoms with van der Waals surface area (Å²) in [5.41, 5.74) is 9.71. The second-order valence-corrected chi connectivity index (χ2v) is 8.69. The molecular weight excluding hydrogens is 410 g/mol. The van der Waals surface area contributed by atoms with E-state index in [-0.39, 0.29) is 24.6 Å². The molecule has 3 aromatic rings. The maximum Gasteiger partial charge on any atom is 0.184 e. The van der Waals surface area contributed by atoms with Gasteiger partial charge in [0, 0.05) is 29.2 Å². The van der Waals surface area contributed by atoms with Gasteiger partial charge in [-0.15, -0.1) is 11.8 Å². The summed E-state index contributed by atoms with van der Waals surface area (Å²) >= 11 is 1.70. The van der Waals surface area contributed by atoms with E-state index in [1.807, 2.05) is 60.7 Å². The summed E-state index contributed by atoms with van der Waals surface area (Å²) in [5.74, 6) is 1.04. The second kappa shape index (κ2) is 10.3. The zero-order chi connectivity index (χ0) is 21.6. The normalized spacial score (nSPS) is 21.2. The van der Waals surface area contributed by atoms with Crippen molar-refractivity contribution >= 4 is 11.8 Å².